The van der Waals surface area contributed by atoms with Crippen LogP contribution in [0.1, 0.15) is 12.1 Å². The van der Waals surface area contributed by atoms with Crippen LogP contribution in [0.15, 0.2) is 24.4 Å². The molecule has 2 rings (SSSR count). The Hall–Kier alpha value is -1.81. The number of ether oxygens (including phenoxy) is 2. The summed E-state index contributed by atoms with van der Waals surface area (Å²) in [5.74, 6) is 1.41. The van der Waals surface area contributed by atoms with E-state index in [1.807, 2.05) is 18.2 Å². The van der Waals surface area contributed by atoms with E-state index in [9.17, 15) is 0 Å². The van der Waals surface area contributed by atoms with E-state index in [1.165, 1.54) is 0 Å². The number of hydrogen-bond acceptors (Lipinski definition) is 4. The van der Waals surface area contributed by atoms with E-state index in [0.717, 1.165) is 22.9 Å². The predicted octanol–water partition coefficient (Wildman–Crippen LogP) is 2.18. The summed E-state index contributed by atoms with van der Waals surface area (Å²) in [6.45, 7) is 0.172. The van der Waals surface area contributed by atoms with Gasteiger partial charge >= 0.3 is 0 Å². The van der Waals surface area contributed by atoms with Gasteiger partial charge in [0.2, 0.25) is 0 Å². The topological polar surface area (TPSA) is 51.6 Å². The molecule has 4 nitrogen and oxygen atoms in total. The van der Waals surface area contributed by atoms with E-state index in [1.54, 1.807) is 20.4 Å². The molecular weight excluding hydrogens is 230 g/mol. The largest absolute Gasteiger partial charge is 0.493 e. The van der Waals surface area contributed by atoms with Crippen LogP contribution in [0.2, 0.25) is 0 Å². The summed E-state index contributed by atoms with van der Waals surface area (Å²) in [5.41, 5.74) is 0.975. The van der Waals surface area contributed by atoms with Gasteiger partial charge in [0, 0.05) is 23.9 Å². The maximum atomic E-state index is 8.91. The second kappa shape index (κ2) is 5.69. The van der Waals surface area contributed by atoms with Gasteiger partial charge in [-0.25, -0.2) is 0 Å². The van der Waals surface area contributed by atoms with Gasteiger partial charge in [-0.1, -0.05) is 0 Å². The van der Waals surface area contributed by atoms with Crippen molar-refractivity contribution in [2.45, 2.75) is 12.8 Å². The SMILES string of the molecule is COc1cc2ccnc(CCCO)c2cc1OC. The fourth-order valence-electron chi connectivity index (χ4n) is 2.01. The van der Waals surface area contributed by atoms with Crippen molar-refractivity contribution in [2.75, 3.05) is 20.8 Å². The lowest BCUT2D eigenvalue weighted by Gasteiger charge is -2.11. The van der Waals surface area contributed by atoms with Gasteiger partial charge in [-0.2, -0.15) is 0 Å². The first-order chi connectivity index (χ1) is 8.80. The maximum Gasteiger partial charge on any atom is 0.161 e. The normalized spacial score (nSPS) is 10.6. The number of benzene rings is 1. The molecule has 0 unspecified atom stereocenters. The van der Waals surface area contributed by atoms with Gasteiger partial charge in [-0.05, 0) is 36.4 Å². The number of hydrogen-bond donors (Lipinski definition) is 1. The fourth-order valence-corrected chi connectivity index (χ4v) is 2.01. The molecule has 0 radical (unpaired) electrons. The summed E-state index contributed by atoms with van der Waals surface area (Å²) in [6, 6.07) is 5.83. The maximum absolute atomic E-state index is 8.91. The number of aliphatic hydroxyl groups is 1. The summed E-state index contributed by atoms with van der Waals surface area (Å²) >= 11 is 0. The van der Waals surface area contributed by atoms with Crippen LogP contribution in [0.5, 0.6) is 11.5 Å². The molecule has 2 aromatic rings. The van der Waals surface area contributed by atoms with Crippen LogP contribution >= 0.6 is 0 Å². The molecule has 0 saturated carbocycles. The molecule has 0 spiro atoms. The summed E-state index contributed by atoms with van der Waals surface area (Å²) in [7, 11) is 3.24. The zero-order chi connectivity index (χ0) is 13.0. The van der Waals surface area contributed by atoms with Crippen molar-refractivity contribution >= 4 is 10.8 Å². The molecule has 0 atom stereocenters. The van der Waals surface area contributed by atoms with E-state index in [-0.39, 0.29) is 6.61 Å². The van der Waals surface area contributed by atoms with Crippen LogP contribution in [0.25, 0.3) is 10.8 Å². The zero-order valence-corrected chi connectivity index (χ0v) is 10.6. The van der Waals surface area contributed by atoms with E-state index in [0.29, 0.717) is 17.9 Å². The number of rotatable bonds is 5. The quantitative estimate of drug-likeness (QED) is 0.879. The molecule has 0 bridgehead atoms. The van der Waals surface area contributed by atoms with Crippen LogP contribution in [0.4, 0.5) is 0 Å². The van der Waals surface area contributed by atoms with Crippen LogP contribution < -0.4 is 9.47 Å². The van der Waals surface area contributed by atoms with Crippen molar-refractivity contribution in [2.24, 2.45) is 0 Å². The number of pyridine rings is 1. The lowest BCUT2D eigenvalue weighted by Crippen LogP contribution is -1.96. The standard InChI is InChI=1S/C14H17NO3/c1-17-13-8-10-5-6-15-12(4-3-7-16)11(10)9-14(13)18-2/h5-6,8-9,16H,3-4,7H2,1-2H3. The number of aromatic nitrogens is 1. The highest BCUT2D eigenvalue weighted by Crippen LogP contribution is 2.33. The first-order valence-electron chi connectivity index (χ1n) is 5.90. The average Bonchev–Trinajstić information content (AvgIpc) is 2.43. The average molecular weight is 247 g/mol. The predicted molar refractivity (Wildman–Crippen MR) is 70.3 cm³/mol. The number of fused-ring (bicyclic) bond motifs is 1. The summed E-state index contributed by atoms with van der Waals surface area (Å²) in [5, 5.41) is 11.0. The minimum absolute atomic E-state index is 0.172. The monoisotopic (exact) mass is 247 g/mol. The molecule has 1 aromatic heterocycles. The Kier molecular flexibility index (Phi) is 3.99. The highest BCUT2D eigenvalue weighted by atomic mass is 16.5. The summed E-state index contributed by atoms with van der Waals surface area (Å²) < 4.78 is 10.6. The number of aryl methyl sites for hydroxylation is 1. The summed E-state index contributed by atoms with van der Waals surface area (Å²) in [6.07, 6.45) is 3.24. The Morgan fingerprint density at radius 2 is 1.89 bits per heavy atom. The van der Waals surface area contributed by atoms with Gasteiger partial charge in [0.05, 0.1) is 14.2 Å². The highest BCUT2D eigenvalue weighted by molar-refractivity contribution is 5.87. The van der Waals surface area contributed by atoms with Crippen LogP contribution in [0, 0.1) is 0 Å². The molecule has 96 valence electrons. The van der Waals surface area contributed by atoms with E-state index < -0.39 is 0 Å². The molecule has 0 aliphatic rings. The molecule has 0 saturated heterocycles. The molecule has 0 amide bonds. The van der Waals surface area contributed by atoms with Gasteiger partial charge < -0.3 is 14.6 Å². The minimum Gasteiger partial charge on any atom is -0.493 e. The van der Waals surface area contributed by atoms with Crippen LogP contribution in [-0.4, -0.2) is 30.9 Å². The number of aliphatic hydroxyl groups excluding tert-OH is 1. The third kappa shape index (κ3) is 2.38. The molecule has 1 N–H and O–H groups in total. The van der Waals surface area contributed by atoms with Crippen molar-refractivity contribution in [3.05, 3.63) is 30.1 Å². The van der Waals surface area contributed by atoms with Gasteiger partial charge in [0.25, 0.3) is 0 Å². The van der Waals surface area contributed by atoms with Crippen molar-refractivity contribution in [1.82, 2.24) is 4.98 Å². The minimum atomic E-state index is 0.172. The molecule has 4 heteroatoms. The van der Waals surface area contributed by atoms with E-state index >= 15 is 0 Å². The molecule has 0 fully saturated rings. The number of methoxy groups -OCH3 is 2. The Morgan fingerprint density at radius 3 is 2.56 bits per heavy atom. The van der Waals surface area contributed by atoms with Gasteiger partial charge in [-0.3, -0.25) is 4.98 Å². The zero-order valence-electron chi connectivity index (χ0n) is 10.6. The Morgan fingerprint density at radius 1 is 1.17 bits per heavy atom. The van der Waals surface area contributed by atoms with Crippen molar-refractivity contribution in [3.8, 4) is 11.5 Å². The van der Waals surface area contributed by atoms with E-state index in [4.69, 9.17) is 14.6 Å². The van der Waals surface area contributed by atoms with Crippen molar-refractivity contribution < 1.29 is 14.6 Å². The Bertz CT molecular complexity index is 540. The van der Waals surface area contributed by atoms with Gasteiger partial charge in [-0.15, -0.1) is 0 Å². The lowest BCUT2D eigenvalue weighted by molar-refractivity contribution is 0.288. The third-order valence-electron chi connectivity index (χ3n) is 2.92. The molecule has 18 heavy (non-hydrogen) atoms. The molecule has 1 heterocycles. The fraction of sp³-hybridized carbons (Fsp3) is 0.357. The smallest absolute Gasteiger partial charge is 0.161 e. The second-order valence-corrected chi connectivity index (χ2v) is 4.01. The summed E-state index contributed by atoms with van der Waals surface area (Å²) in [4.78, 5) is 4.37. The molecule has 0 aliphatic heterocycles. The third-order valence-corrected chi connectivity index (χ3v) is 2.92. The molecule has 0 aliphatic carbocycles. The lowest BCUT2D eigenvalue weighted by atomic mass is 10.1. The first-order valence-corrected chi connectivity index (χ1v) is 5.90. The molecular formula is C14H17NO3. The van der Waals surface area contributed by atoms with Gasteiger partial charge in [0.1, 0.15) is 0 Å². The first kappa shape index (κ1) is 12.6. The van der Waals surface area contributed by atoms with Crippen LogP contribution in [-0.2, 0) is 6.42 Å². The number of nitrogens with zero attached hydrogens (tertiary/aromatic N) is 1. The Balaban J connectivity index is 2.54. The van der Waals surface area contributed by atoms with Crippen molar-refractivity contribution in [3.63, 3.8) is 0 Å². The second-order valence-electron chi connectivity index (χ2n) is 4.01. The molecule has 1 aromatic carbocycles. The Labute approximate surface area is 106 Å². The van der Waals surface area contributed by atoms with Crippen molar-refractivity contribution in [1.29, 1.82) is 0 Å². The van der Waals surface area contributed by atoms with E-state index in [2.05, 4.69) is 4.98 Å². The highest BCUT2D eigenvalue weighted by Gasteiger charge is 2.09. The van der Waals surface area contributed by atoms with Gasteiger partial charge in [0.15, 0.2) is 11.5 Å². The van der Waals surface area contributed by atoms with Crippen LogP contribution in [0.3, 0.4) is 0 Å².